The summed E-state index contributed by atoms with van der Waals surface area (Å²) >= 11 is 0. The van der Waals surface area contributed by atoms with Gasteiger partial charge in [-0.15, -0.1) is 0 Å². The summed E-state index contributed by atoms with van der Waals surface area (Å²) in [6.45, 7) is 6.56. The molecular weight excluding hydrogens is 252 g/mol. The fraction of sp³-hybridized carbons (Fsp3) is 0.333. The zero-order valence-corrected chi connectivity index (χ0v) is 12.3. The van der Waals surface area contributed by atoms with Gasteiger partial charge in [0.25, 0.3) is 0 Å². The van der Waals surface area contributed by atoms with Crippen LogP contribution in [0.5, 0.6) is 5.88 Å². The molecule has 0 aliphatic heterocycles. The molecule has 0 saturated heterocycles. The van der Waals surface area contributed by atoms with Gasteiger partial charge < -0.3 is 15.4 Å². The Morgan fingerprint density at radius 1 is 1.25 bits per heavy atom. The van der Waals surface area contributed by atoms with Crippen molar-refractivity contribution in [3.8, 4) is 5.88 Å². The second-order valence-electron chi connectivity index (χ2n) is 4.70. The van der Waals surface area contributed by atoms with Crippen molar-refractivity contribution in [1.82, 2.24) is 9.97 Å². The number of ether oxygens (including phenoxy) is 1. The van der Waals surface area contributed by atoms with Crippen LogP contribution in [-0.2, 0) is 0 Å². The molecule has 2 N–H and O–H groups in total. The molecule has 1 aromatic carbocycles. The van der Waals surface area contributed by atoms with Gasteiger partial charge in [-0.05, 0) is 32.4 Å². The van der Waals surface area contributed by atoms with Crippen LogP contribution in [0.25, 0.3) is 0 Å². The number of nitrogen functional groups attached to an aromatic ring is 1. The zero-order valence-electron chi connectivity index (χ0n) is 12.3. The summed E-state index contributed by atoms with van der Waals surface area (Å²) in [7, 11) is 1.94. The van der Waals surface area contributed by atoms with Crippen LogP contribution < -0.4 is 15.4 Å². The van der Waals surface area contributed by atoms with Crippen molar-refractivity contribution < 1.29 is 4.74 Å². The molecule has 20 heavy (non-hydrogen) atoms. The molecule has 0 amide bonds. The van der Waals surface area contributed by atoms with E-state index in [2.05, 4.69) is 42.0 Å². The third-order valence-corrected chi connectivity index (χ3v) is 3.14. The fourth-order valence-corrected chi connectivity index (χ4v) is 2.19. The van der Waals surface area contributed by atoms with E-state index in [0.717, 1.165) is 5.69 Å². The normalized spacial score (nSPS) is 10.4. The molecule has 0 saturated carbocycles. The lowest BCUT2D eigenvalue weighted by molar-refractivity contribution is 0.328. The van der Waals surface area contributed by atoms with E-state index in [1.54, 1.807) is 0 Å². The van der Waals surface area contributed by atoms with Gasteiger partial charge in [-0.1, -0.05) is 17.7 Å². The first-order chi connectivity index (χ1) is 9.54. The lowest BCUT2D eigenvalue weighted by Crippen LogP contribution is -2.16. The van der Waals surface area contributed by atoms with Gasteiger partial charge >= 0.3 is 0 Å². The third-order valence-electron chi connectivity index (χ3n) is 3.14. The van der Waals surface area contributed by atoms with E-state index in [9.17, 15) is 0 Å². The first kappa shape index (κ1) is 14.1. The van der Waals surface area contributed by atoms with Gasteiger partial charge in [0.1, 0.15) is 12.0 Å². The summed E-state index contributed by atoms with van der Waals surface area (Å²) in [6, 6.07) is 6.26. The van der Waals surface area contributed by atoms with Gasteiger partial charge in [-0.25, -0.2) is 4.98 Å². The average molecular weight is 272 g/mol. The number of nitrogens with zero attached hydrogens (tertiary/aromatic N) is 3. The highest BCUT2D eigenvalue weighted by atomic mass is 16.5. The van der Waals surface area contributed by atoms with Gasteiger partial charge in [-0.2, -0.15) is 4.98 Å². The topological polar surface area (TPSA) is 64.3 Å². The van der Waals surface area contributed by atoms with Crippen LogP contribution in [0.3, 0.4) is 0 Å². The van der Waals surface area contributed by atoms with Crippen molar-refractivity contribution in [2.75, 3.05) is 24.3 Å². The first-order valence-electron chi connectivity index (χ1n) is 6.58. The van der Waals surface area contributed by atoms with Gasteiger partial charge in [-0.3, -0.25) is 0 Å². The average Bonchev–Trinajstić information content (AvgIpc) is 2.41. The number of nitrogens with two attached hydrogens (primary N) is 1. The first-order valence-corrected chi connectivity index (χ1v) is 6.58. The predicted molar refractivity (Wildman–Crippen MR) is 81.6 cm³/mol. The van der Waals surface area contributed by atoms with Crippen LogP contribution >= 0.6 is 0 Å². The minimum absolute atomic E-state index is 0.425. The summed E-state index contributed by atoms with van der Waals surface area (Å²) in [5.74, 6) is 1.07. The lowest BCUT2D eigenvalue weighted by Gasteiger charge is -2.22. The van der Waals surface area contributed by atoms with Crippen molar-refractivity contribution in [1.29, 1.82) is 0 Å². The second kappa shape index (κ2) is 5.77. The minimum Gasteiger partial charge on any atom is -0.476 e. The van der Waals surface area contributed by atoms with Gasteiger partial charge in [0.15, 0.2) is 5.82 Å². The van der Waals surface area contributed by atoms with Crippen LogP contribution in [0.15, 0.2) is 24.5 Å². The molecule has 0 spiro atoms. The maximum absolute atomic E-state index is 6.10. The Morgan fingerprint density at radius 3 is 2.65 bits per heavy atom. The molecule has 106 valence electrons. The standard InChI is InChI=1S/C15H20N4O/c1-5-20-15-13(16)14(17-9-18-15)19(4)12-7-6-10(2)8-11(12)3/h6-9H,5,16H2,1-4H3. The Hall–Kier alpha value is -2.30. The van der Waals surface area contributed by atoms with Crippen molar-refractivity contribution >= 4 is 17.2 Å². The Labute approximate surface area is 119 Å². The van der Waals surface area contributed by atoms with Gasteiger partial charge in [0.2, 0.25) is 5.88 Å². The number of aromatic nitrogens is 2. The van der Waals surface area contributed by atoms with E-state index in [1.807, 2.05) is 18.9 Å². The maximum Gasteiger partial charge on any atom is 0.242 e. The predicted octanol–water partition coefficient (Wildman–Crippen LogP) is 2.84. The van der Waals surface area contributed by atoms with Crippen molar-refractivity contribution in [3.05, 3.63) is 35.7 Å². The summed E-state index contributed by atoms with van der Waals surface area (Å²) in [4.78, 5) is 10.3. The molecule has 0 fully saturated rings. The molecule has 0 unspecified atom stereocenters. The summed E-state index contributed by atoms with van der Waals surface area (Å²) in [6.07, 6.45) is 1.47. The van der Waals surface area contributed by atoms with Crippen molar-refractivity contribution in [2.45, 2.75) is 20.8 Å². The number of anilines is 3. The molecular formula is C15H20N4O. The van der Waals surface area contributed by atoms with Crippen LogP contribution in [0.4, 0.5) is 17.2 Å². The molecule has 5 nitrogen and oxygen atoms in total. The van der Waals surface area contributed by atoms with E-state index in [0.29, 0.717) is 24.0 Å². The van der Waals surface area contributed by atoms with E-state index in [-0.39, 0.29) is 0 Å². The van der Waals surface area contributed by atoms with Crippen molar-refractivity contribution in [2.24, 2.45) is 0 Å². The Balaban J connectivity index is 2.42. The van der Waals surface area contributed by atoms with Crippen LogP contribution in [0, 0.1) is 13.8 Å². The minimum atomic E-state index is 0.425. The smallest absolute Gasteiger partial charge is 0.242 e. The van der Waals surface area contributed by atoms with Crippen LogP contribution in [-0.4, -0.2) is 23.6 Å². The largest absolute Gasteiger partial charge is 0.476 e. The molecule has 2 aromatic rings. The second-order valence-corrected chi connectivity index (χ2v) is 4.70. The highest BCUT2D eigenvalue weighted by molar-refractivity contribution is 5.75. The van der Waals surface area contributed by atoms with E-state index in [4.69, 9.17) is 10.5 Å². The molecule has 0 atom stereocenters. The maximum atomic E-state index is 6.10. The quantitative estimate of drug-likeness (QED) is 0.927. The molecule has 2 rings (SSSR count). The summed E-state index contributed by atoms with van der Waals surface area (Å²) < 4.78 is 5.41. The molecule has 0 aliphatic carbocycles. The molecule has 0 aliphatic rings. The van der Waals surface area contributed by atoms with E-state index >= 15 is 0 Å². The Bertz CT molecular complexity index is 613. The number of rotatable bonds is 4. The number of aryl methyl sites for hydroxylation is 2. The van der Waals surface area contributed by atoms with Crippen LogP contribution in [0.2, 0.25) is 0 Å². The lowest BCUT2D eigenvalue weighted by atomic mass is 10.1. The molecule has 0 bridgehead atoms. The van der Waals surface area contributed by atoms with Gasteiger partial charge in [0.05, 0.1) is 6.61 Å². The monoisotopic (exact) mass is 272 g/mol. The highest BCUT2D eigenvalue weighted by Crippen LogP contribution is 2.33. The number of hydrogen-bond acceptors (Lipinski definition) is 5. The molecule has 1 aromatic heterocycles. The summed E-state index contributed by atoms with van der Waals surface area (Å²) in [5, 5.41) is 0. The Morgan fingerprint density at radius 2 is 2.00 bits per heavy atom. The molecule has 5 heteroatoms. The number of hydrogen-bond donors (Lipinski definition) is 1. The molecule has 1 heterocycles. The molecule has 0 radical (unpaired) electrons. The van der Waals surface area contributed by atoms with E-state index < -0.39 is 0 Å². The van der Waals surface area contributed by atoms with E-state index in [1.165, 1.54) is 17.5 Å². The van der Waals surface area contributed by atoms with Crippen molar-refractivity contribution in [3.63, 3.8) is 0 Å². The van der Waals surface area contributed by atoms with Crippen LogP contribution in [0.1, 0.15) is 18.1 Å². The van der Waals surface area contributed by atoms with Gasteiger partial charge in [0, 0.05) is 12.7 Å². The fourth-order valence-electron chi connectivity index (χ4n) is 2.19. The highest BCUT2D eigenvalue weighted by Gasteiger charge is 2.15. The number of benzene rings is 1. The SMILES string of the molecule is CCOc1ncnc(N(C)c2ccc(C)cc2C)c1N. The third kappa shape index (κ3) is 2.66. The summed E-state index contributed by atoms with van der Waals surface area (Å²) in [5.41, 5.74) is 10.0. The Kier molecular flexibility index (Phi) is 4.08. The zero-order chi connectivity index (χ0) is 14.7.